The summed E-state index contributed by atoms with van der Waals surface area (Å²) < 4.78 is 0. The van der Waals surface area contributed by atoms with Crippen molar-refractivity contribution in [2.24, 2.45) is 10.9 Å². The van der Waals surface area contributed by atoms with Gasteiger partial charge in [0, 0.05) is 17.1 Å². The topological polar surface area (TPSA) is 41.6 Å². The van der Waals surface area contributed by atoms with Gasteiger partial charge in [-0.05, 0) is 55.8 Å². The van der Waals surface area contributed by atoms with E-state index in [4.69, 9.17) is 5.84 Å². The number of aryl methyl sites for hydroxylation is 2. The number of hydrazone groups is 1. The van der Waals surface area contributed by atoms with Crippen LogP contribution in [0.2, 0.25) is 0 Å². The van der Waals surface area contributed by atoms with Crippen molar-refractivity contribution >= 4 is 23.3 Å². The van der Waals surface area contributed by atoms with E-state index >= 15 is 0 Å². The van der Waals surface area contributed by atoms with Crippen LogP contribution in [-0.4, -0.2) is 6.21 Å². The Bertz CT molecular complexity index is 771. The molecular formula is C21H21N3. The Morgan fingerprint density at radius 2 is 1.04 bits per heavy atom. The van der Waals surface area contributed by atoms with E-state index in [2.05, 4.69) is 84.5 Å². The summed E-state index contributed by atoms with van der Waals surface area (Å²) in [6, 6.07) is 25.3. The SMILES string of the molecule is Cc1ccc(N(c2ccc(C)cc2)c2ccc(C=NN)cc2)cc1. The number of nitrogens with zero attached hydrogens (tertiary/aromatic N) is 2. The van der Waals surface area contributed by atoms with Gasteiger partial charge >= 0.3 is 0 Å². The third-order valence-electron chi connectivity index (χ3n) is 3.96. The Labute approximate surface area is 143 Å². The minimum atomic E-state index is 0.981. The van der Waals surface area contributed by atoms with Gasteiger partial charge in [-0.15, -0.1) is 0 Å². The van der Waals surface area contributed by atoms with E-state index < -0.39 is 0 Å². The highest BCUT2D eigenvalue weighted by molar-refractivity contribution is 5.82. The normalized spacial score (nSPS) is 10.9. The number of hydrogen-bond donors (Lipinski definition) is 1. The lowest BCUT2D eigenvalue weighted by atomic mass is 10.1. The molecule has 3 nitrogen and oxygen atoms in total. The number of rotatable bonds is 4. The molecule has 0 aliphatic rings. The van der Waals surface area contributed by atoms with E-state index in [0.29, 0.717) is 0 Å². The Kier molecular flexibility index (Phi) is 4.62. The zero-order chi connectivity index (χ0) is 16.9. The lowest BCUT2D eigenvalue weighted by Crippen LogP contribution is -2.10. The minimum absolute atomic E-state index is 0.981. The Hall–Kier alpha value is -3.07. The highest BCUT2D eigenvalue weighted by Gasteiger charge is 2.11. The van der Waals surface area contributed by atoms with Crippen LogP contribution in [0, 0.1) is 13.8 Å². The van der Waals surface area contributed by atoms with Gasteiger partial charge in [-0.25, -0.2) is 0 Å². The third kappa shape index (κ3) is 3.46. The molecule has 0 heterocycles. The Morgan fingerprint density at radius 1 is 0.667 bits per heavy atom. The fraction of sp³-hybridized carbons (Fsp3) is 0.0952. The largest absolute Gasteiger partial charge is 0.323 e. The molecule has 3 aromatic rings. The van der Waals surface area contributed by atoms with E-state index in [1.807, 2.05) is 12.1 Å². The van der Waals surface area contributed by atoms with Gasteiger partial charge in [0.15, 0.2) is 0 Å². The van der Waals surface area contributed by atoms with Crippen molar-refractivity contribution in [2.45, 2.75) is 13.8 Å². The van der Waals surface area contributed by atoms with Gasteiger partial charge in [-0.2, -0.15) is 5.10 Å². The first-order chi connectivity index (χ1) is 11.7. The van der Waals surface area contributed by atoms with Crippen LogP contribution >= 0.6 is 0 Å². The molecule has 0 amide bonds. The molecule has 3 rings (SSSR count). The summed E-state index contributed by atoms with van der Waals surface area (Å²) in [5.74, 6) is 5.23. The van der Waals surface area contributed by atoms with Crippen LogP contribution in [0.25, 0.3) is 0 Å². The Balaban J connectivity index is 2.07. The molecule has 0 saturated heterocycles. The average molecular weight is 315 g/mol. The fourth-order valence-electron chi connectivity index (χ4n) is 2.63. The molecule has 3 heteroatoms. The molecular weight excluding hydrogens is 294 g/mol. The Morgan fingerprint density at radius 3 is 1.42 bits per heavy atom. The number of benzene rings is 3. The quantitative estimate of drug-likeness (QED) is 0.415. The molecule has 0 spiro atoms. The first-order valence-corrected chi connectivity index (χ1v) is 7.94. The van der Waals surface area contributed by atoms with Crippen molar-refractivity contribution in [3.8, 4) is 0 Å². The van der Waals surface area contributed by atoms with Gasteiger partial charge in [0.1, 0.15) is 0 Å². The van der Waals surface area contributed by atoms with Crippen LogP contribution in [0.3, 0.4) is 0 Å². The molecule has 0 unspecified atom stereocenters. The fourth-order valence-corrected chi connectivity index (χ4v) is 2.63. The molecule has 0 saturated carbocycles. The van der Waals surface area contributed by atoms with Crippen molar-refractivity contribution in [3.05, 3.63) is 89.5 Å². The summed E-state index contributed by atoms with van der Waals surface area (Å²) in [5.41, 5.74) is 6.83. The van der Waals surface area contributed by atoms with Gasteiger partial charge in [0.05, 0.1) is 6.21 Å². The van der Waals surface area contributed by atoms with E-state index in [9.17, 15) is 0 Å². The van der Waals surface area contributed by atoms with Crippen molar-refractivity contribution in [3.63, 3.8) is 0 Å². The molecule has 0 aliphatic carbocycles. The summed E-state index contributed by atoms with van der Waals surface area (Å²) in [6.45, 7) is 4.20. The van der Waals surface area contributed by atoms with E-state index in [1.54, 1.807) is 6.21 Å². The van der Waals surface area contributed by atoms with Crippen molar-refractivity contribution in [1.82, 2.24) is 0 Å². The molecule has 24 heavy (non-hydrogen) atoms. The number of anilines is 3. The number of nitrogens with two attached hydrogens (primary N) is 1. The zero-order valence-electron chi connectivity index (χ0n) is 14.0. The highest BCUT2D eigenvalue weighted by Crippen LogP contribution is 2.34. The zero-order valence-corrected chi connectivity index (χ0v) is 14.0. The summed E-state index contributed by atoms with van der Waals surface area (Å²) in [4.78, 5) is 2.24. The molecule has 3 aromatic carbocycles. The van der Waals surface area contributed by atoms with Crippen LogP contribution < -0.4 is 10.7 Å². The van der Waals surface area contributed by atoms with E-state index in [1.165, 1.54) is 11.1 Å². The van der Waals surface area contributed by atoms with Gasteiger partial charge in [-0.1, -0.05) is 47.5 Å². The van der Waals surface area contributed by atoms with Gasteiger partial charge in [0.2, 0.25) is 0 Å². The average Bonchev–Trinajstić information content (AvgIpc) is 2.60. The predicted molar refractivity (Wildman–Crippen MR) is 102 cm³/mol. The summed E-state index contributed by atoms with van der Waals surface area (Å²) >= 11 is 0. The van der Waals surface area contributed by atoms with Crippen LogP contribution in [0.15, 0.2) is 77.9 Å². The first-order valence-electron chi connectivity index (χ1n) is 7.94. The minimum Gasteiger partial charge on any atom is -0.323 e. The molecule has 0 atom stereocenters. The third-order valence-corrected chi connectivity index (χ3v) is 3.96. The molecule has 0 aromatic heterocycles. The summed E-state index contributed by atoms with van der Waals surface area (Å²) in [7, 11) is 0. The van der Waals surface area contributed by atoms with Crippen LogP contribution in [0.1, 0.15) is 16.7 Å². The lowest BCUT2D eigenvalue weighted by Gasteiger charge is -2.25. The molecule has 0 bridgehead atoms. The molecule has 2 N–H and O–H groups in total. The summed E-state index contributed by atoms with van der Waals surface area (Å²) in [6.07, 6.45) is 1.64. The van der Waals surface area contributed by atoms with Gasteiger partial charge < -0.3 is 10.7 Å². The van der Waals surface area contributed by atoms with Crippen molar-refractivity contribution in [1.29, 1.82) is 0 Å². The smallest absolute Gasteiger partial charge is 0.0538 e. The molecule has 0 aliphatic heterocycles. The summed E-state index contributed by atoms with van der Waals surface area (Å²) in [5, 5.41) is 3.58. The molecule has 0 fully saturated rings. The second kappa shape index (κ2) is 7.01. The van der Waals surface area contributed by atoms with Crippen LogP contribution in [0.5, 0.6) is 0 Å². The molecule has 0 radical (unpaired) electrons. The highest BCUT2D eigenvalue weighted by atomic mass is 15.1. The maximum absolute atomic E-state index is 5.23. The van der Waals surface area contributed by atoms with Crippen molar-refractivity contribution in [2.75, 3.05) is 4.90 Å². The van der Waals surface area contributed by atoms with Crippen LogP contribution in [0.4, 0.5) is 17.1 Å². The second-order valence-corrected chi connectivity index (χ2v) is 5.88. The standard InChI is InChI=1S/C21H21N3/c1-16-3-9-19(10-4-16)24(20-11-5-17(2)6-12-20)21-13-7-18(8-14-21)15-23-22/h3-15H,22H2,1-2H3. The lowest BCUT2D eigenvalue weighted by molar-refractivity contribution is 1.26. The van der Waals surface area contributed by atoms with Crippen LogP contribution in [-0.2, 0) is 0 Å². The van der Waals surface area contributed by atoms with Crippen molar-refractivity contribution < 1.29 is 0 Å². The predicted octanol–water partition coefficient (Wildman–Crippen LogP) is 5.07. The number of hydrogen-bond acceptors (Lipinski definition) is 3. The molecule has 120 valence electrons. The van der Waals surface area contributed by atoms with Gasteiger partial charge in [0.25, 0.3) is 0 Å². The monoisotopic (exact) mass is 315 g/mol. The maximum Gasteiger partial charge on any atom is 0.0538 e. The first kappa shape index (κ1) is 15.8. The second-order valence-electron chi connectivity index (χ2n) is 5.88. The van der Waals surface area contributed by atoms with E-state index in [-0.39, 0.29) is 0 Å². The van der Waals surface area contributed by atoms with Gasteiger partial charge in [-0.3, -0.25) is 0 Å². The van der Waals surface area contributed by atoms with E-state index in [0.717, 1.165) is 22.6 Å². The maximum atomic E-state index is 5.23.